The molecule has 0 bridgehead atoms. The average Bonchev–Trinajstić information content (AvgIpc) is 3.15. The van der Waals surface area contributed by atoms with E-state index in [1.165, 1.54) is 44.9 Å². The fraction of sp³-hybridized carbons (Fsp3) is 0.903. The van der Waals surface area contributed by atoms with Crippen molar-refractivity contribution in [2.45, 2.75) is 124 Å². The topological polar surface area (TPSA) is 66.8 Å². The summed E-state index contributed by atoms with van der Waals surface area (Å²) in [6.45, 7) is 12.4. The molecule has 4 aliphatic rings. The van der Waals surface area contributed by atoms with Crippen LogP contribution in [0.15, 0.2) is 12.2 Å². The van der Waals surface area contributed by atoms with Gasteiger partial charge >= 0.3 is 5.97 Å². The molecule has 4 heteroatoms. The monoisotopic (exact) mass is 488 g/mol. The summed E-state index contributed by atoms with van der Waals surface area (Å²) in [4.78, 5) is 10.8. The molecule has 0 aromatic rings. The van der Waals surface area contributed by atoms with Crippen LogP contribution < -0.4 is 0 Å². The van der Waals surface area contributed by atoms with Gasteiger partial charge in [0.05, 0.1) is 12.5 Å². The lowest BCUT2D eigenvalue weighted by molar-refractivity contribution is -0.176. The number of carbonyl (C=O) groups is 1. The molecule has 0 amide bonds. The second kappa shape index (κ2) is 10.9. The number of hydrogen-bond donors (Lipinski definition) is 2. The van der Waals surface area contributed by atoms with Crippen LogP contribution in [0.25, 0.3) is 0 Å². The van der Waals surface area contributed by atoms with Crippen molar-refractivity contribution in [3.63, 3.8) is 0 Å². The number of aliphatic hydroxyl groups is 1. The number of carboxylic acids is 1. The molecule has 0 heterocycles. The second-order valence-corrected chi connectivity index (χ2v) is 13.7. The van der Waals surface area contributed by atoms with Gasteiger partial charge in [-0.3, -0.25) is 4.79 Å². The number of fused-ring (bicyclic) bond motifs is 5. The molecule has 2 N–H and O–H groups in total. The molecule has 4 nitrogen and oxygen atoms in total. The fourth-order valence-electron chi connectivity index (χ4n) is 9.24. The lowest BCUT2D eigenvalue weighted by Gasteiger charge is -2.59. The van der Waals surface area contributed by atoms with Gasteiger partial charge in [-0.2, -0.15) is 0 Å². The van der Waals surface area contributed by atoms with E-state index in [2.05, 4.69) is 46.8 Å². The van der Waals surface area contributed by atoms with Gasteiger partial charge in [0.1, 0.15) is 0 Å². The van der Waals surface area contributed by atoms with Gasteiger partial charge in [-0.25, -0.2) is 0 Å². The van der Waals surface area contributed by atoms with E-state index in [0.717, 1.165) is 48.9 Å². The molecular formula is C31H52O4. The SMILES string of the molecule is CC(C)CCC[C@@H](C)[C@H]1CC[C@H]2[C@@H]3CC[C@@H]4C[C@@H](OC(O)CCC(=O)O)CC[C@]4(C)[C@H]3C=C[C@]12C. The number of hydrogen-bond acceptors (Lipinski definition) is 3. The number of allylic oxidation sites excluding steroid dienone is 2. The van der Waals surface area contributed by atoms with Crippen LogP contribution in [0.3, 0.4) is 0 Å². The first-order valence-electron chi connectivity index (χ1n) is 14.8. The molecule has 0 aromatic carbocycles. The third kappa shape index (κ3) is 5.54. The summed E-state index contributed by atoms with van der Waals surface area (Å²) in [5.74, 6) is 4.54. The van der Waals surface area contributed by atoms with Crippen molar-refractivity contribution in [3.8, 4) is 0 Å². The first-order chi connectivity index (χ1) is 16.5. The van der Waals surface area contributed by atoms with E-state index in [0.29, 0.717) is 22.7 Å². The Bertz CT molecular complexity index is 761. The van der Waals surface area contributed by atoms with Crippen LogP contribution in [0.2, 0.25) is 0 Å². The predicted molar refractivity (Wildman–Crippen MR) is 141 cm³/mol. The Morgan fingerprint density at radius 3 is 2.54 bits per heavy atom. The lowest BCUT2D eigenvalue weighted by Crippen LogP contribution is -2.52. The maximum Gasteiger partial charge on any atom is 0.303 e. The highest BCUT2D eigenvalue weighted by Gasteiger charge is 2.58. The zero-order chi connectivity index (χ0) is 25.4. The highest BCUT2D eigenvalue weighted by atomic mass is 16.6. The normalized spacial score (nSPS) is 42.3. The van der Waals surface area contributed by atoms with Crippen molar-refractivity contribution >= 4 is 5.97 Å². The quantitative estimate of drug-likeness (QED) is 0.247. The van der Waals surface area contributed by atoms with Crippen LogP contribution in [0.4, 0.5) is 0 Å². The number of carboxylic acid groups (broad SMARTS) is 1. The number of aliphatic hydroxyl groups excluding tert-OH is 1. The van der Waals surface area contributed by atoms with Crippen LogP contribution >= 0.6 is 0 Å². The second-order valence-electron chi connectivity index (χ2n) is 13.7. The van der Waals surface area contributed by atoms with E-state index in [4.69, 9.17) is 9.84 Å². The van der Waals surface area contributed by atoms with Gasteiger partial charge in [0.15, 0.2) is 6.29 Å². The summed E-state index contributed by atoms with van der Waals surface area (Å²) in [5, 5.41) is 19.1. The van der Waals surface area contributed by atoms with E-state index >= 15 is 0 Å². The molecule has 35 heavy (non-hydrogen) atoms. The summed E-state index contributed by atoms with van der Waals surface area (Å²) in [6.07, 6.45) is 17.3. The van der Waals surface area contributed by atoms with Crippen LogP contribution in [0.1, 0.15) is 112 Å². The van der Waals surface area contributed by atoms with Crippen LogP contribution in [0.5, 0.6) is 0 Å². The molecule has 0 spiro atoms. The Kier molecular flexibility index (Phi) is 8.43. The van der Waals surface area contributed by atoms with Gasteiger partial charge in [-0.05, 0) is 97.2 Å². The van der Waals surface area contributed by atoms with Gasteiger partial charge in [0.25, 0.3) is 0 Å². The van der Waals surface area contributed by atoms with Crippen molar-refractivity contribution in [3.05, 3.63) is 12.2 Å². The zero-order valence-corrected chi connectivity index (χ0v) is 23.0. The zero-order valence-electron chi connectivity index (χ0n) is 23.0. The molecule has 0 saturated heterocycles. The Morgan fingerprint density at radius 2 is 1.83 bits per heavy atom. The van der Waals surface area contributed by atoms with E-state index < -0.39 is 12.3 Å². The molecule has 0 radical (unpaired) electrons. The van der Waals surface area contributed by atoms with E-state index in [-0.39, 0.29) is 18.9 Å². The van der Waals surface area contributed by atoms with Gasteiger partial charge in [-0.1, -0.05) is 66.0 Å². The molecule has 3 saturated carbocycles. The first-order valence-corrected chi connectivity index (χ1v) is 14.8. The number of ether oxygens (including phenoxy) is 1. The largest absolute Gasteiger partial charge is 0.481 e. The molecule has 10 atom stereocenters. The van der Waals surface area contributed by atoms with Crippen LogP contribution in [-0.4, -0.2) is 28.6 Å². The van der Waals surface area contributed by atoms with Crippen LogP contribution in [-0.2, 0) is 9.53 Å². The molecule has 3 fully saturated rings. The maximum absolute atomic E-state index is 10.8. The Morgan fingerprint density at radius 1 is 1.06 bits per heavy atom. The molecule has 1 unspecified atom stereocenters. The molecule has 4 aliphatic carbocycles. The highest BCUT2D eigenvalue weighted by Crippen LogP contribution is 2.66. The van der Waals surface area contributed by atoms with E-state index in [9.17, 15) is 9.90 Å². The molecule has 0 aromatic heterocycles. The number of aliphatic carboxylic acids is 1. The third-order valence-electron chi connectivity index (χ3n) is 11.2. The predicted octanol–water partition coefficient (Wildman–Crippen LogP) is 7.45. The van der Waals surface area contributed by atoms with Gasteiger partial charge in [0.2, 0.25) is 0 Å². The summed E-state index contributed by atoms with van der Waals surface area (Å²) in [6, 6.07) is 0. The summed E-state index contributed by atoms with van der Waals surface area (Å²) in [7, 11) is 0. The minimum atomic E-state index is -0.954. The van der Waals surface area contributed by atoms with Crippen molar-refractivity contribution in [2.24, 2.45) is 52.3 Å². The fourth-order valence-corrected chi connectivity index (χ4v) is 9.24. The Labute approximate surface area is 214 Å². The van der Waals surface area contributed by atoms with Crippen LogP contribution in [0, 0.1) is 52.3 Å². The van der Waals surface area contributed by atoms with Gasteiger partial charge in [-0.15, -0.1) is 0 Å². The highest BCUT2D eigenvalue weighted by molar-refractivity contribution is 5.66. The number of rotatable bonds is 10. The lowest BCUT2D eigenvalue weighted by atomic mass is 9.46. The maximum atomic E-state index is 10.8. The summed E-state index contributed by atoms with van der Waals surface area (Å²) in [5.41, 5.74) is 0.698. The molecule has 0 aliphatic heterocycles. The average molecular weight is 489 g/mol. The van der Waals surface area contributed by atoms with Gasteiger partial charge < -0.3 is 14.9 Å². The van der Waals surface area contributed by atoms with Crippen molar-refractivity contribution in [1.82, 2.24) is 0 Å². The minimum Gasteiger partial charge on any atom is -0.481 e. The minimum absolute atomic E-state index is 0.0406. The standard InChI is InChI=1S/C31H52O4/c1-20(2)7-6-8-21(3)25-11-12-26-24-10-9-22-19-23(35-29(34)14-13-28(32)33)15-17-30(22,4)27(24)16-18-31(25,26)5/h16,18,20-27,29,34H,6-15,17,19H2,1-5H3,(H,32,33)/t21-,22-,23+,24+,25-,26+,27+,29?,30+,31-/m1/s1. The van der Waals surface area contributed by atoms with Gasteiger partial charge in [0, 0.05) is 6.42 Å². The molecule has 200 valence electrons. The summed E-state index contributed by atoms with van der Waals surface area (Å²) < 4.78 is 5.92. The van der Waals surface area contributed by atoms with E-state index in [1.54, 1.807) is 0 Å². The molecule has 4 rings (SSSR count). The Hall–Kier alpha value is -0.870. The van der Waals surface area contributed by atoms with Crippen molar-refractivity contribution in [1.29, 1.82) is 0 Å². The van der Waals surface area contributed by atoms with E-state index in [1.807, 2.05) is 0 Å². The Balaban J connectivity index is 1.40. The smallest absolute Gasteiger partial charge is 0.303 e. The first kappa shape index (κ1) is 27.2. The third-order valence-corrected chi connectivity index (χ3v) is 11.2. The van der Waals surface area contributed by atoms with Crippen molar-refractivity contribution in [2.75, 3.05) is 0 Å². The molecular weight excluding hydrogens is 436 g/mol. The summed E-state index contributed by atoms with van der Waals surface area (Å²) >= 11 is 0. The van der Waals surface area contributed by atoms with Crippen molar-refractivity contribution < 1.29 is 19.7 Å².